The zero-order valence-electron chi connectivity index (χ0n) is 8.44. The third kappa shape index (κ3) is 1.25. The van der Waals surface area contributed by atoms with Crippen LogP contribution in [0.25, 0.3) is 11.0 Å². The largest absolute Gasteiger partial charge is 0.481 e. The predicted molar refractivity (Wildman–Crippen MR) is 53.9 cm³/mol. The zero-order valence-corrected chi connectivity index (χ0v) is 8.44. The van der Waals surface area contributed by atoms with Crippen molar-refractivity contribution < 1.29 is 9.90 Å². The number of carboxylic acids is 1. The van der Waals surface area contributed by atoms with Gasteiger partial charge in [-0.2, -0.15) is 0 Å². The molecule has 0 spiro atoms. The van der Waals surface area contributed by atoms with E-state index < -0.39 is 5.97 Å². The van der Waals surface area contributed by atoms with Crippen molar-refractivity contribution in [2.75, 3.05) is 0 Å². The first kappa shape index (κ1) is 9.57. The van der Waals surface area contributed by atoms with Crippen LogP contribution in [0.5, 0.6) is 0 Å². The van der Waals surface area contributed by atoms with E-state index in [4.69, 9.17) is 5.11 Å². The highest BCUT2D eigenvalue weighted by Crippen LogP contribution is 2.14. The van der Waals surface area contributed by atoms with E-state index >= 15 is 0 Å². The Balaban J connectivity index is 2.74. The van der Waals surface area contributed by atoms with Crippen molar-refractivity contribution in [1.29, 1.82) is 0 Å². The van der Waals surface area contributed by atoms with Crippen molar-refractivity contribution in [3.63, 3.8) is 0 Å². The van der Waals surface area contributed by atoms with E-state index in [-0.39, 0.29) is 12.0 Å². The molecule has 80 valence electrons. The Labute approximate surface area is 84.7 Å². The Morgan fingerprint density at radius 1 is 1.47 bits per heavy atom. The van der Waals surface area contributed by atoms with Gasteiger partial charge in [-0.25, -0.2) is 0 Å². The summed E-state index contributed by atoms with van der Waals surface area (Å²) < 4.78 is 3.09. The standard InChI is InChI=1S/C9H11N3O3/c1-11-8-7(9(15)12(11)2)5(4-10-8)3-6(13)14/h4,10H,3H2,1-2H3,(H,13,14). The van der Waals surface area contributed by atoms with E-state index in [0.29, 0.717) is 16.6 Å². The molecule has 0 aromatic carbocycles. The van der Waals surface area contributed by atoms with Gasteiger partial charge < -0.3 is 10.1 Å². The lowest BCUT2D eigenvalue weighted by atomic mass is 10.2. The van der Waals surface area contributed by atoms with Crippen molar-refractivity contribution in [3.05, 3.63) is 22.1 Å². The molecule has 0 radical (unpaired) electrons. The van der Waals surface area contributed by atoms with Crippen molar-refractivity contribution in [1.82, 2.24) is 14.3 Å². The van der Waals surface area contributed by atoms with Crippen LogP contribution >= 0.6 is 0 Å². The van der Waals surface area contributed by atoms with Crippen molar-refractivity contribution in [2.24, 2.45) is 14.1 Å². The number of fused-ring (bicyclic) bond motifs is 1. The second-order valence-electron chi connectivity index (χ2n) is 3.46. The van der Waals surface area contributed by atoms with Crippen LogP contribution in [0.1, 0.15) is 5.56 Å². The average Bonchev–Trinajstić information content (AvgIpc) is 2.64. The molecule has 0 unspecified atom stereocenters. The fourth-order valence-corrected chi connectivity index (χ4v) is 1.70. The van der Waals surface area contributed by atoms with E-state index in [2.05, 4.69) is 4.98 Å². The van der Waals surface area contributed by atoms with Crippen molar-refractivity contribution >= 4 is 17.0 Å². The van der Waals surface area contributed by atoms with Crippen LogP contribution in [0.3, 0.4) is 0 Å². The summed E-state index contributed by atoms with van der Waals surface area (Å²) in [5, 5.41) is 9.14. The van der Waals surface area contributed by atoms with Crippen LogP contribution in [0.15, 0.2) is 11.0 Å². The smallest absolute Gasteiger partial charge is 0.307 e. The summed E-state index contributed by atoms with van der Waals surface area (Å²) in [6, 6.07) is 0. The molecule has 6 heteroatoms. The van der Waals surface area contributed by atoms with E-state index in [1.807, 2.05) is 0 Å². The van der Waals surface area contributed by atoms with Gasteiger partial charge in [0.2, 0.25) is 0 Å². The van der Waals surface area contributed by atoms with Gasteiger partial charge in [-0.1, -0.05) is 0 Å². The fourth-order valence-electron chi connectivity index (χ4n) is 1.70. The van der Waals surface area contributed by atoms with Gasteiger partial charge in [-0.15, -0.1) is 0 Å². The Kier molecular flexibility index (Phi) is 1.92. The molecule has 2 aromatic rings. The molecule has 0 bridgehead atoms. The van der Waals surface area contributed by atoms with Gasteiger partial charge in [0.15, 0.2) is 0 Å². The third-order valence-electron chi connectivity index (χ3n) is 2.56. The second kappa shape index (κ2) is 3.01. The number of aliphatic carboxylic acids is 1. The third-order valence-corrected chi connectivity index (χ3v) is 2.56. The highest BCUT2D eigenvalue weighted by molar-refractivity contribution is 5.84. The number of rotatable bonds is 2. The molecule has 0 aliphatic carbocycles. The number of hydrogen-bond donors (Lipinski definition) is 2. The maximum atomic E-state index is 11.7. The minimum atomic E-state index is -0.943. The van der Waals surface area contributed by atoms with Gasteiger partial charge in [0, 0.05) is 20.3 Å². The minimum absolute atomic E-state index is 0.140. The van der Waals surface area contributed by atoms with Crippen molar-refractivity contribution in [3.8, 4) is 0 Å². The predicted octanol–water partition coefficient (Wildman–Crippen LogP) is -0.168. The lowest BCUT2D eigenvalue weighted by Crippen LogP contribution is -2.17. The number of nitrogens with one attached hydrogen (secondary N) is 1. The average molecular weight is 209 g/mol. The molecule has 2 rings (SSSR count). The summed E-state index contributed by atoms with van der Waals surface area (Å²) in [7, 11) is 3.38. The Bertz CT molecular complexity index is 588. The molecule has 2 heterocycles. The summed E-state index contributed by atoms with van der Waals surface area (Å²) in [5.41, 5.74) is 1.00. The first-order valence-electron chi connectivity index (χ1n) is 4.46. The molecule has 15 heavy (non-hydrogen) atoms. The topological polar surface area (TPSA) is 80.0 Å². The number of carboxylic acid groups (broad SMARTS) is 1. The molecule has 0 saturated heterocycles. The number of aromatic nitrogens is 3. The highest BCUT2D eigenvalue weighted by Gasteiger charge is 2.15. The van der Waals surface area contributed by atoms with Gasteiger partial charge in [0.05, 0.1) is 11.8 Å². The van der Waals surface area contributed by atoms with Crippen LogP contribution in [0, 0.1) is 0 Å². The zero-order chi connectivity index (χ0) is 11.2. The molecular formula is C9H11N3O3. The number of nitrogens with zero attached hydrogens (tertiary/aromatic N) is 2. The summed E-state index contributed by atoms with van der Waals surface area (Å²) in [4.78, 5) is 25.2. The summed E-state index contributed by atoms with van der Waals surface area (Å²) in [5.74, 6) is -0.943. The fraction of sp³-hybridized carbons (Fsp3) is 0.333. The molecule has 2 aromatic heterocycles. The highest BCUT2D eigenvalue weighted by atomic mass is 16.4. The number of aryl methyl sites for hydroxylation is 1. The van der Waals surface area contributed by atoms with E-state index in [9.17, 15) is 9.59 Å². The lowest BCUT2D eigenvalue weighted by molar-refractivity contribution is -0.136. The molecule has 0 fully saturated rings. The van der Waals surface area contributed by atoms with Crippen LogP contribution in [-0.4, -0.2) is 25.4 Å². The van der Waals surface area contributed by atoms with Gasteiger partial charge in [0.25, 0.3) is 5.56 Å². The van der Waals surface area contributed by atoms with Crippen LogP contribution < -0.4 is 5.56 Å². The first-order chi connectivity index (χ1) is 7.02. The quantitative estimate of drug-likeness (QED) is 0.720. The van der Waals surface area contributed by atoms with Gasteiger partial charge in [-0.3, -0.25) is 19.0 Å². The van der Waals surface area contributed by atoms with Gasteiger partial charge >= 0.3 is 5.97 Å². The number of H-pyrrole nitrogens is 1. The lowest BCUT2D eigenvalue weighted by Gasteiger charge is -1.97. The Morgan fingerprint density at radius 2 is 2.13 bits per heavy atom. The Morgan fingerprint density at radius 3 is 2.73 bits per heavy atom. The molecule has 0 atom stereocenters. The molecule has 0 aliphatic rings. The van der Waals surface area contributed by atoms with Crippen LogP contribution in [0.2, 0.25) is 0 Å². The number of hydrogen-bond acceptors (Lipinski definition) is 2. The molecule has 0 amide bonds. The normalized spacial score (nSPS) is 11.1. The van der Waals surface area contributed by atoms with E-state index in [0.717, 1.165) is 0 Å². The second-order valence-corrected chi connectivity index (χ2v) is 3.46. The van der Waals surface area contributed by atoms with Crippen molar-refractivity contribution in [2.45, 2.75) is 6.42 Å². The maximum absolute atomic E-state index is 11.7. The van der Waals surface area contributed by atoms with E-state index in [1.165, 1.54) is 4.68 Å². The van der Waals surface area contributed by atoms with Gasteiger partial charge in [0.1, 0.15) is 5.65 Å². The summed E-state index contributed by atoms with van der Waals surface area (Å²) in [6.45, 7) is 0. The molecular weight excluding hydrogens is 198 g/mol. The minimum Gasteiger partial charge on any atom is -0.481 e. The van der Waals surface area contributed by atoms with Gasteiger partial charge in [-0.05, 0) is 5.56 Å². The number of aromatic amines is 1. The maximum Gasteiger partial charge on any atom is 0.307 e. The van der Waals surface area contributed by atoms with Crippen LogP contribution in [-0.2, 0) is 25.3 Å². The SMILES string of the molecule is Cn1c(=O)c2c(CC(=O)O)c[nH]c2n1C. The Hall–Kier alpha value is -1.98. The monoisotopic (exact) mass is 209 g/mol. The number of carbonyl (C=O) groups is 1. The molecule has 2 N–H and O–H groups in total. The molecule has 0 aliphatic heterocycles. The molecule has 0 saturated carbocycles. The summed E-state index contributed by atoms with van der Waals surface area (Å²) >= 11 is 0. The summed E-state index contributed by atoms with van der Waals surface area (Å²) in [6.07, 6.45) is 1.43. The van der Waals surface area contributed by atoms with Crippen LogP contribution in [0.4, 0.5) is 0 Å². The first-order valence-corrected chi connectivity index (χ1v) is 4.46. The molecule has 6 nitrogen and oxygen atoms in total. The van der Waals surface area contributed by atoms with E-state index in [1.54, 1.807) is 25.0 Å².